The third-order valence-electron chi connectivity index (χ3n) is 0.848. The van der Waals surface area contributed by atoms with Gasteiger partial charge in [-0.15, -0.1) is 0 Å². The van der Waals surface area contributed by atoms with Crippen molar-refractivity contribution in [3.63, 3.8) is 0 Å². The minimum Gasteiger partial charge on any atom is -0.350 e. The van der Waals surface area contributed by atoms with Crippen LogP contribution in [0.15, 0.2) is 0 Å². The first-order valence-electron chi connectivity index (χ1n) is 3.66. The van der Waals surface area contributed by atoms with E-state index in [0.717, 1.165) is 0 Å². The zero-order valence-corrected chi connectivity index (χ0v) is 7.26. The molecule has 0 N–H and O–H groups in total. The molecule has 0 aromatic carbocycles. The van der Waals surface area contributed by atoms with E-state index in [1.807, 2.05) is 27.7 Å². The molecule has 0 aliphatic heterocycles. The largest absolute Gasteiger partial charge is 0.350 e. The first kappa shape index (κ1) is 9.92. The van der Waals surface area contributed by atoms with Gasteiger partial charge in [0.1, 0.15) is 0 Å². The molecule has 0 bridgehead atoms. The first-order valence-corrected chi connectivity index (χ1v) is 3.66. The molecule has 2 nitrogen and oxygen atoms in total. The Morgan fingerprint density at radius 1 is 0.900 bits per heavy atom. The van der Waals surface area contributed by atoms with Crippen LogP contribution in [0.5, 0.6) is 0 Å². The Balaban J connectivity index is 3.34. The summed E-state index contributed by atoms with van der Waals surface area (Å²) in [5.41, 5.74) is 0. The molecule has 0 aliphatic rings. The van der Waals surface area contributed by atoms with Gasteiger partial charge in [0.15, 0.2) is 6.29 Å². The van der Waals surface area contributed by atoms with Gasteiger partial charge in [-0.05, 0) is 27.7 Å². The highest BCUT2D eigenvalue weighted by atomic mass is 16.7. The molecule has 61 valence electrons. The SMILES string of the molecule is [CH2]C(OC(C)C)OC(C)C. The Morgan fingerprint density at radius 3 is 1.40 bits per heavy atom. The molecule has 0 atom stereocenters. The molecule has 1 radical (unpaired) electrons. The van der Waals surface area contributed by atoms with Gasteiger partial charge < -0.3 is 9.47 Å². The Labute approximate surface area is 63.5 Å². The fourth-order valence-electron chi connectivity index (χ4n) is 0.639. The minimum absolute atomic E-state index is 0.182. The van der Waals surface area contributed by atoms with Crippen LogP contribution in [0, 0.1) is 6.92 Å². The van der Waals surface area contributed by atoms with Crippen LogP contribution >= 0.6 is 0 Å². The second kappa shape index (κ2) is 4.69. The van der Waals surface area contributed by atoms with Gasteiger partial charge in [0.2, 0.25) is 0 Å². The predicted molar refractivity (Wildman–Crippen MR) is 41.6 cm³/mol. The Bertz CT molecular complexity index is 69.3. The molecule has 2 heteroatoms. The van der Waals surface area contributed by atoms with Crippen molar-refractivity contribution in [1.29, 1.82) is 0 Å². The van der Waals surface area contributed by atoms with E-state index in [-0.39, 0.29) is 18.5 Å². The van der Waals surface area contributed by atoms with Crippen molar-refractivity contribution in [3.05, 3.63) is 6.92 Å². The van der Waals surface area contributed by atoms with E-state index >= 15 is 0 Å². The normalized spacial score (nSPS) is 12.0. The van der Waals surface area contributed by atoms with Crippen LogP contribution < -0.4 is 0 Å². The molecule has 0 saturated carbocycles. The van der Waals surface area contributed by atoms with E-state index in [1.165, 1.54) is 0 Å². The molecule has 0 aromatic heterocycles. The van der Waals surface area contributed by atoms with Crippen LogP contribution in [0.2, 0.25) is 0 Å². The number of hydrogen-bond donors (Lipinski definition) is 0. The van der Waals surface area contributed by atoms with Crippen LogP contribution in [0.4, 0.5) is 0 Å². The number of rotatable bonds is 4. The lowest BCUT2D eigenvalue weighted by Crippen LogP contribution is -2.21. The molecule has 10 heavy (non-hydrogen) atoms. The van der Waals surface area contributed by atoms with Crippen molar-refractivity contribution in [2.45, 2.75) is 46.2 Å². The Morgan fingerprint density at radius 2 is 1.20 bits per heavy atom. The van der Waals surface area contributed by atoms with Crippen molar-refractivity contribution in [2.24, 2.45) is 0 Å². The predicted octanol–water partition coefficient (Wildman–Crippen LogP) is 2.00. The third kappa shape index (κ3) is 6.05. The molecule has 0 rings (SSSR count). The van der Waals surface area contributed by atoms with E-state index in [0.29, 0.717) is 0 Å². The van der Waals surface area contributed by atoms with E-state index < -0.39 is 0 Å². The summed E-state index contributed by atoms with van der Waals surface area (Å²) in [6, 6.07) is 0. The van der Waals surface area contributed by atoms with E-state index in [1.54, 1.807) is 0 Å². The van der Waals surface area contributed by atoms with Crippen molar-refractivity contribution in [3.8, 4) is 0 Å². The maximum absolute atomic E-state index is 5.23. The summed E-state index contributed by atoms with van der Waals surface area (Å²) in [4.78, 5) is 0. The maximum Gasteiger partial charge on any atom is 0.158 e. The molecule has 0 amide bonds. The van der Waals surface area contributed by atoms with Gasteiger partial charge >= 0.3 is 0 Å². The summed E-state index contributed by atoms with van der Waals surface area (Å²) in [5, 5.41) is 0. The molecule has 0 aromatic rings. The fraction of sp³-hybridized carbons (Fsp3) is 0.875. The molecule has 0 aliphatic carbocycles. The van der Waals surface area contributed by atoms with E-state index in [4.69, 9.17) is 9.47 Å². The zero-order chi connectivity index (χ0) is 8.15. The summed E-state index contributed by atoms with van der Waals surface area (Å²) >= 11 is 0. The molecule has 0 spiro atoms. The third-order valence-corrected chi connectivity index (χ3v) is 0.848. The molecule has 0 fully saturated rings. The summed E-state index contributed by atoms with van der Waals surface area (Å²) in [6.45, 7) is 11.5. The average Bonchev–Trinajstić information content (AvgIpc) is 1.58. The van der Waals surface area contributed by atoms with Crippen molar-refractivity contribution >= 4 is 0 Å². The monoisotopic (exact) mass is 145 g/mol. The lowest BCUT2D eigenvalue weighted by molar-refractivity contribution is -0.154. The number of ether oxygens (including phenoxy) is 2. The molecule has 0 heterocycles. The van der Waals surface area contributed by atoms with Gasteiger partial charge in [-0.3, -0.25) is 0 Å². The maximum atomic E-state index is 5.23. The minimum atomic E-state index is -0.333. The molecular formula is C8H17O2. The number of hydrogen-bond acceptors (Lipinski definition) is 2. The highest BCUT2D eigenvalue weighted by molar-refractivity contribution is 4.50. The first-order chi connectivity index (χ1) is 4.52. The van der Waals surface area contributed by atoms with Crippen molar-refractivity contribution in [2.75, 3.05) is 0 Å². The smallest absolute Gasteiger partial charge is 0.158 e. The summed E-state index contributed by atoms with van der Waals surface area (Å²) in [5.74, 6) is 0. The highest BCUT2D eigenvalue weighted by Gasteiger charge is 2.05. The second-order valence-corrected chi connectivity index (χ2v) is 2.80. The van der Waals surface area contributed by atoms with Crippen LogP contribution in [-0.2, 0) is 9.47 Å². The van der Waals surface area contributed by atoms with Crippen LogP contribution in [0.3, 0.4) is 0 Å². The molecule has 0 saturated heterocycles. The Hall–Kier alpha value is -0.0800. The highest BCUT2D eigenvalue weighted by Crippen LogP contribution is 2.01. The summed E-state index contributed by atoms with van der Waals surface area (Å²) < 4.78 is 10.5. The molecular weight excluding hydrogens is 128 g/mol. The van der Waals surface area contributed by atoms with E-state index in [9.17, 15) is 0 Å². The van der Waals surface area contributed by atoms with Gasteiger partial charge in [0.05, 0.1) is 12.2 Å². The fourth-order valence-corrected chi connectivity index (χ4v) is 0.639. The Kier molecular flexibility index (Phi) is 4.65. The van der Waals surface area contributed by atoms with Gasteiger partial charge in [-0.1, -0.05) is 0 Å². The zero-order valence-electron chi connectivity index (χ0n) is 7.26. The van der Waals surface area contributed by atoms with Crippen molar-refractivity contribution in [1.82, 2.24) is 0 Å². The van der Waals surface area contributed by atoms with Gasteiger partial charge in [0, 0.05) is 6.92 Å². The average molecular weight is 145 g/mol. The van der Waals surface area contributed by atoms with Crippen LogP contribution in [-0.4, -0.2) is 18.5 Å². The lowest BCUT2D eigenvalue weighted by atomic mass is 10.4. The van der Waals surface area contributed by atoms with Gasteiger partial charge in [-0.25, -0.2) is 0 Å². The van der Waals surface area contributed by atoms with Crippen molar-refractivity contribution < 1.29 is 9.47 Å². The second-order valence-electron chi connectivity index (χ2n) is 2.80. The topological polar surface area (TPSA) is 18.5 Å². The summed E-state index contributed by atoms with van der Waals surface area (Å²) in [6.07, 6.45) is 0.0301. The lowest BCUT2D eigenvalue weighted by Gasteiger charge is -2.18. The standard InChI is InChI=1S/C8H17O2/c1-6(2)9-8(5)10-7(3)4/h6-8H,5H2,1-4H3. The summed E-state index contributed by atoms with van der Waals surface area (Å²) in [7, 11) is 0. The quantitative estimate of drug-likeness (QED) is 0.563. The van der Waals surface area contributed by atoms with Crippen LogP contribution in [0.25, 0.3) is 0 Å². The molecule has 0 unspecified atom stereocenters. The van der Waals surface area contributed by atoms with Gasteiger partial charge in [0.25, 0.3) is 0 Å². The van der Waals surface area contributed by atoms with Crippen LogP contribution in [0.1, 0.15) is 27.7 Å². The van der Waals surface area contributed by atoms with E-state index in [2.05, 4.69) is 6.92 Å². The van der Waals surface area contributed by atoms with Gasteiger partial charge in [-0.2, -0.15) is 0 Å².